The van der Waals surface area contributed by atoms with E-state index in [9.17, 15) is 0 Å². The molecular formula is C14H18N4. The van der Waals surface area contributed by atoms with Crippen molar-refractivity contribution in [3.05, 3.63) is 30.5 Å². The fourth-order valence-corrected chi connectivity index (χ4v) is 2.57. The molecule has 1 aromatic heterocycles. The molecule has 4 nitrogen and oxygen atoms in total. The Bertz CT molecular complexity index is 540. The maximum Gasteiger partial charge on any atom is 0.147 e. The summed E-state index contributed by atoms with van der Waals surface area (Å²) in [6, 6.07) is 7.99. The molecule has 3 rings (SSSR count). The highest BCUT2D eigenvalue weighted by molar-refractivity contribution is 5.75. The largest absolute Gasteiger partial charge is 0.355 e. The number of nitrogens with zero attached hydrogens (tertiary/aromatic N) is 3. The van der Waals surface area contributed by atoms with Crippen LogP contribution in [0.2, 0.25) is 0 Å². The second-order valence-electron chi connectivity index (χ2n) is 4.91. The van der Waals surface area contributed by atoms with E-state index in [-0.39, 0.29) is 0 Å². The van der Waals surface area contributed by atoms with Gasteiger partial charge in [0.15, 0.2) is 0 Å². The number of fused-ring (bicyclic) bond motifs is 1. The number of anilines is 1. The molecule has 4 heteroatoms. The fraction of sp³-hybridized carbons (Fsp3) is 0.429. The summed E-state index contributed by atoms with van der Waals surface area (Å²) in [6.45, 7) is 2.82. The van der Waals surface area contributed by atoms with Gasteiger partial charge in [-0.2, -0.15) is 0 Å². The Morgan fingerprint density at radius 2 is 2.11 bits per heavy atom. The highest BCUT2D eigenvalue weighted by Gasteiger charge is 2.20. The van der Waals surface area contributed by atoms with Gasteiger partial charge in [-0.1, -0.05) is 12.1 Å². The van der Waals surface area contributed by atoms with Crippen LogP contribution < -0.4 is 10.6 Å². The van der Waals surface area contributed by atoms with Gasteiger partial charge in [-0.3, -0.25) is 4.98 Å². The number of aromatic nitrogens is 2. The summed E-state index contributed by atoms with van der Waals surface area (Å²) in [6.07, 6.45) is 4.30. The Labute approximate surface area is 107 Å². The van der Waals surface area contributed by atoms with E-state index in [0.717, 1.165) is 36.5 Å². The number of hydrogen-bond donors (Lipinski definition) is 1. The zero-order chi connectivity index (χ0) is 12.4. The second kappa shape index (κ2) is 4.90. The number of rotatable bonds is 2. The molecule has 1 aliphatic rings. The van der Waals surface area contributed by atoms with Gasteiger partial charge in [-0.25, -0.2) is 4.98 Å². The number of hydrogen-bond acceptors (Lipinski definition) is 4. The molecule has 1 aromatic carbocycles. The first-order valence-electron chi connectivity index (χ1n) is 6.53. The van der Waals surface area contributed by atoms with Crippen molar-refractivity contribution in [1.29, 1.82) is 0 Å². The highest BCUT2D eigenvalue weighted by Crippen LogP contribution is 2.22. The van der Waals surface area contributed by atoms with Gasteiger partial charge in [0.05, 0.1) is 17.2 Å². The monoisotopic (exact) mass is 242 g/mol. The van der Waals surface area contributed by atoms with Gasteiger partial charge in [-0.15, -0.1) is 0 Å². The zero-order valence-corrected chi connectivity index (χ0v) is 10.4. The molecule has 1 aliphatic heterocycles. The van der Waals surface area contributed by atoms with Crippen LogP contribution >= 0.6 is 0 Å². The number of nitrogens with two attached hydrogens (primary N) is 1. The fourth-order valence-electron chi connectivity index (χ4n) is 2.57. The Hall–Kier alpha value is -1.68. The molecule has 94 valence electrons. The number of piperidine rings is 1. The molecule has 1 atom stereocenters. The molecule has 0 saturated carbocycles. The van der Waals surface area contributed by atoms with Crippen LogP contribution in [0.15, 0.2) is 30.5 Å². The van der Waals surface area contributed by atoms with Crippen LogP contribution in [0.5, 0.6) is 0 Å². The summed E-state index contributed by atoms with van der Waals surface area (Å²) < 4.78 is 0. The molecule has 1 fully saturated rings. The first-order chi connectivity index (χ1) is 8.86. The van der Waals surface area contributed by atoms with Crippen molar-refractivity contribution < 1.29 is 0 Å². The maximum atomic E-state index is 5.77. The molecule has 0 aliphatic carbocycles. The topological polar surface area (TPSA) is 55.0 Å². The smallest absolute Gasteiger partial charge is 0.147 e. The average Bonchev–Trinajstić information content (AvgIpc) is 2.47. The minimum Gasteiger partial charge on any atom is -0.355 e. The first-order valence-corrected chi connectivity index (χ1v) is 6.53. The summed E-state index contributed by atoms with van der Waals surface area (Å²) in [4.78, 5) is 11.5. The van der Waals surface area contributed by atoms with E-state index in [2.05, 4.69) is 9.88 Å². The summed E-state index contributed by atoms with van der Waals surface area (Å²) in [5.41, 5.74) is 7.69. The van der Waals surface area contributed by atoms with Crippen LogP contribution in [0.25, 0.3) is 11.0 Å². The standard InChI is InChI=1S/C14H18N4/c15-8-11-4-3-7-18(10-11)14-9-16-12-5-1-2-6-13(12)17-14/h1-2,5-6,9,11H,3-4,7-8,10,15H2. The van der Waals surface area contributed by atoms with Crippen LogP contribution in [0.3, 0.4) is 0 Å². The lowest BCUT2D eigenvalue weighted by atomic mass is 9.98. The summed E-state index contributed by atoms with van der Waals surface area (Å²) in [5, 5.41) is 0. The van der Waals surface area contributed by atoms with E-state index >= 15 is 0 Å². The van der Waals surface area contributed by atoms with Gasteiger partial charge in [-0.05, 0) is 37.4 Å². The van der Waals surface area contributed by atoms with Gasteiger partial charge in [0, 0.05) is 13.1 Å². The molecule has 1 unspecified atom stereocenters. The minimum atomic E-state index is 0.590. The Morgan fingerprint density at radius 1 is 1.28 bits per heavy atom. The van der Waals surface area contributed by atoms with E-state index in [0.29, 0.717) is 5.92 Å². The van der Waals surface area contributed by atoms with Crippen molar-refractivity contribution in [2.45, 2.75) is 12.8 Å². The van der Waals surface area contributed by atoms with Crippen LogP contribution in [0.4, 0.5) is 5.82 Å². The lowest BCUT2D eigenvalue weighted by Crippen LogP contribution is -2.38. The Balaban J connectivity index is 1.89. The first kappa shape index (κ1) is 11.4. The van der Waals surface area contributed by atoms with Crippen LogP contribution in [-0.2, 0) is 0 Å². The normalized spacial score (nSPS) is 20.3. The van der Waals surface area contributed by atoms with Gasteiger partial charge in [0.25, 0.3) is 0 Å². The van der Waals surface area contributed by atoms with Crippen LogP contribution in [-0.4, -0.2) is 29.6 Å². The van der Waals surface area contributed by atoms with E-state index < -0.39 is 0 Å². The van der Waals surface area contributed by atoms with E-state index in [1.165, 1.54) is 12.8 Å². The number of benzene rings is 1. The lowest BCUT2D eigenvalue weighted by Gasteiger charge is -2.32. The van der Waals surface area contributed by atoms with E-state index in [1.54, 1.807) is 0 Å². The van der Waals surface area contributed by atoms with Crippen molar-refractivity contribution in [1.82, 2.24) is 9.97 Å². The van der Waals surface area contributed by atoms with Gasteiger partial charge in [0.1, 0.15) is 5.82 Å². The quantitative estimate of drug-likeness (QED) is 0.872. The third-order valence-corrected chi connectivity index (χ3v) is 3.61. The molecule has 0 bridgehead atoms. The molecule has 0 amide bonds. The Morgan fingerprint density at radius 3 is 2.94 bits per heavy atom. The molecule has 2 aromatic rings. The van der Waals surface area contributed by atoms with Crippen molar-refractivity contribution >= 4 is 16.9 Å². The van der Waals surface area contributed by atoms with Gasteiger partial charge < -0.3 is 10.6 Å². The zero-order valence-electron chi connectivity index (χ0n) is 10.4. The van der Waals surface area contributed by atoms with Gasteiger partial charge >= 0.3 is 0 Å². The second-order valence-corrected chi connectivity index (χ2v) is 4.91. The molecule has 0 radical (unpaired) electrons. The van der Waals surface area contributed by atoms with E-state index in [4.69, 9.17) is 10.7 Å². The molecule has 2 N–H and O–H groups in total. The molecule has 2 heterocycles. The maximum absolute atomic E-state index is 5.77. The molecule has 1 saturated heterocycles. The van der Waals surface area contributed by atoms with E-state index in [1.807, 2.05) is 30.5 Å². The van der Waals surface area contributed by atoms with Crippen molar-refractivity contribution in [2.24, 2.45) is 11.7 Å². The third-order valence-electron chi connectivity index (χ3n) is 3.61. The SMILES string of the molecule is NCC1CCCN(c2cnc3ccccc3n2)C1. The third kappa shape index (κ3) is 2.16. The van der Waals surface area contributed by atoms with Crippen LogP contribution in [0.1, 0.15) is 12.8 Å². The predicted molar refractivity (Wildman–Crippen MR) is 73.5 cm³/mol. The molecular weight excluding hydrogens is 224 g/mol. The highest BCUT2D eigenvalue weighted by atomic mass is 15.2. The van der Waals surface area contributed by atoms with Crippen molar-refractivity contribution in [3.8, 4) is 0 Å². The lowest BCUT2D eigenvalue weighted by molar-refractivity contribution is 0.421. The summed E-state index contributed by atoms with van der Waals surface area (Å²) in [5.74, 6) is 1.57. The predicted octanol–water partition coefficient (Wildman–Crippen LogP) is 1.80. The molecule has 18 heavy (non-hydrogen) atoms. The summed E-state index contributed by atoms with van der Waals surface area (Å²) >= 11 is 0. The summed E-state index contributed by atoms with van der Waals surface area (Å²) in [7, 11) is 0. The Kier molecular flexibility index (Phi) is 3.11. The van der Waals surface area contributed by atoms with Crippen molar-refractivity contribution in [3.63, 3.8) is 0 Å². The minimum absolute atomic E-state index is 0.590. The van der Waals surface area contributed by atoms with Crippen LogP contribution in [0, 0.1) is 5.92 Å². The average molecular weight is 242 g/mol. The van der Waals surface area contributed by atoms with Crippen molar-refractivity contribution in [2.75, 3.05) is 24.5 Å². The number of para-hydroxylation sites is 2. The van der Waals surface area contributed by atoms with Gasteiger partial charge in [0.2, 0.25) is 0 Å². The molecule has 0 spiro atoms.